The van der Waals surface area contributed by atoms with Gasteiger partial charge in [0.1, 0.15) is 5.82 Å². The molecule has 1 saturated heterocycles. The molecule has 8 heteroatoms. The van der Waals surface area contributed by atoms with Crippen LogP contribution in [0, 0.1) is 11.7 Å². The minimum atomic E-state index is -3.54. The van der Waals surface area contributed by atoms with Crippen LogP contribution in [0.4, 0.5) is 4.39 Å². The summed E-state index contributed by atoms with van der Waals surface area (Å²) in [5.74, 6) is -0.312. The van der Waals surface area contributed by atoms with Crippen LogP contribution in [0.5, 0.6) is 0 Å². The molecule has 0 atom stereocenters. The summed E-state index contributed by atoms with van der Waals surface area (Å²) in [5.41, 5.74) is 0.706. The van der Waals surface area contributed by atoms with E-state index >= 15 is 0 Å². The number of amides is 1. The smallest absolute Gasteiger partial charge is 0.243 e. The van der Waals surface area contributed by atoms with Gasteiger partial charge in [-0.05, 0) is 60.7 Å². The van der Waals surface area contributed by atoms with Crippen molar-refractivity contribution in [3.05, 3.63) is 64.9 Å². The number of hydrogen-bond donors (Lipinski definition) is 1. The van der Waals surface area contributed by atoms with Crippen molar-refractivity contribution in [3.63, 3.8) is 0 Å². The molecule has 1 N–H and O–H groups in total. The molecule has 1 fully saturated rings. The Balaban J connectivity index is 1.48. The molecule has 0 aromatic heterocycles. The van der Waals surface area contributed by atoms with Gasteiger partial charge in [-0.1, -0.05) is 23.7 Å². The predicted molar refractivity (Wildman–Crippen MR) is 106 cm³/mol. The SMILES string of the molecule is O=C(CC1CCN(S(=O)(=O)c2ccc(Cl)cc2)CC1)NCc1cccc(F)c1. The first-order valence-electron chi connectivity index (χ1n) is 9.11. The van der Waals surface area contributed by atoms with E-state index in [4.69, 9.17) is 11.6 Å². The second-order valence-electron chi connectivity index (χ2n) is 6.91. The zero-order chi connectivity index (χ0) is 20.1. The Kier molecular flexibility index (Phi) is 6.69. The van der Waals surface area contributed by atoms with Crippen molar-refractivity contribution in [2.24, 2.45) is 5.92 Å². The molecular formula is C20H22ClFN2O3S. The first kappa shape index (κ1) is 20.8. The third-order valence-electron chi connectivity index (χ3n) is 4.88. The topological polar surface area (TPSA) is 66.5 Å². The summed E-state index contributed by atoms with van der Waals surface area (Å²) < 4.78 is 40.0. The van der Waals surface area contributed by atoms with Crippen molar-refractivity contribution in [2.75, 3.05) is 13.1 Å². The van der Waals surface area contributed by atoms with Crippen LogP contribution in [-0.4, -0.2) is 31.7 Å². The number of piperidine rings is 1. The number of rotatable bonds is 6. The van der Waals surface area contributed by atoms with E-state index in [-0.39, 0.29) is 29.1 Å². The Labute approximate surface area is 169 Å². The number of benzene rings is 2. The van der Waals surface area contributed by atoms with E-state index in [1.54, 1.807) is 24.3 Å². The van der Waals surface area contributed by atoms with Gasteiger partial charge in [0.2, 0.25) is 15.9 Å². The fourth-order valence-corrected chi connectivity index (χ4v) is 4.89. The average molecular weight is 425 g/mol. The fraction of sp³-hybridized carbons (Fsp3) is 0.350. The minimum Gasteiger partial charge on any atom is -0.352 e. The van der Waals surface area contributed by atoms with Crippen LogP contribution in [0.15, 0.2) is 53.4 Å². The number of nitrogens with one attached hydrogen (secondary N) is 1. The van der Waals surface area contributed by atoms with Crippen molar-refractivity contribution < 1.29 is 17.6 Å². The van der Waals surface area contributed by atoms with Crippen molar-refractivity contribution in [3.8, 4) is 0 Å². The molecule has 0 radical (unpaired) electrons. The van der Waals surface area contributed by atoms with Gasteiger partial charge in [0.25, 0.3) is 0 Å². The van der Waals surface area contributed by atoms with Crippen molar-refractivity contribution >= 4 is 27.5 Å². The number of sulfonamides is 1. The van der Waals surface area contributed by atoms with Gasteiger partial charge >= 0.3 is 0 Å². The maximum Gasteiger partial charge on any atom is 0.243 e. The second-order valence-corrected chi connectivity index (χ2v) is 9.29. The summed E-state index contributed by atoms with van der Waals surface area (Å²) in [6.45, 7) is 1.04. The molecule has 5 nitrogen and oxygen atoms in total. The van der Waals surface area contributed by atoms with Crippen LogP contribution < -0.4 is 5.32 Å². The van der Waals surface area contributed by atoms with Gasteiger partial charge in [0.15, 0.2) is 0 Å². The number of nitrogens with zero attached hydrogens (tertiary/aromatic N) is 1. The number of hydrogen-bond acceptors (Lipinski definition) is 3. The zero-order valence-electron chi connectivity index (χ0n) is 15.3. The van der Waals surface area contributed by atoms with Gasteiger partial charge in [-0.25, -0.2) is 12.8 Å². The van der Waals surface area contributed by atoms with Gasteiger partial charge in [0.05, 0.1) is 4.90 Å². The molecule has 1 aliphatic heterocycles. The molecule has 0 aliphatic carbocycles. The van der Waals surface area contributed by atoms with E-state index in [0.29, 0.717) is 42.9 Å². The Morgan fingerprint density at radius 1 is 1.14 bits per heavy atom. The molecule has 28 heavy (non-hydrogen) atoms. The Morgan fingerprint density at radius 3 is 2.46 bits per heavy atom. The summed E-state index contributed by atoms with van der Waals surface area (Å²) in [5, 5.41) is 3.28. The lowest BCUT2D eigenvalue weighted by atomic mass is 9.94. The van der Waals surface area contributed by atoms with Crippen LogP contribution in [-0.2, 0) is 21.4 Å². The molecule has 150 valence electrons. The van der Waals surface area contributed by atoms with E-state index in [2.05, 4.69) is 5.32 Å². The second kappa shape index (κ2) is 9.03. The predicted octanol–water partition coefficient (Wildman–Crippen LogP) is 3.59. The molecule has 0 unspecified atom stereocenters. The standard InChI is InChI=1S/C20H22ClFN2O3S/c21-17-4-6-19(7-5-17)28(26,27)24-10-8-15(9-11-24)13-20(25)23-14-16-2-1-3-18(22)12-16/h1-7,12,15H,8-11,13-14H2,(H,23,25). The first-order chi connectivity index (χ1) is 13.3. The maximum absolute atomic E-state index is 13.2. The molecule has 0 spiro atoms. The molecule has 0 bridgehead atoms. The monoisotopic (exact) mass is 424 g/mol. The van der Waals surface area contributed by atoms with Crippen molar-refractivity contribution in [2.45, 2.75) is 30.7 Å². The van der Waals surface area contributed by atoms with Crippen molar-refractivity contribution in [1.29, 1.82) is 0 Å². The van der Waals surface area contributed by atoms with E-state index in [0.717, 1.165) is 0 Å². The van der Waals surface area contributed by atoms with Crippen LogP contribution in [0.1, 0.15) is 24.8 Å². The normalized spacial score (nSPS) is 16.1. The Bertz CT molecular complexity index is 927. The molecule has 0 saturated carbocycles. The van der Waals surface area contributed by atoms with E-state index in [9.17, 15) is 17.6 Å². The lowest BCUT2D eigenvalue weighted by molar-refractivity contribution is -0.122. The van der Waals surface area contributed by atoms with E-state index in [1.165, 1.54) is 28.6 Å². The lowest BCUT2D eigenvalue weighted by Gasteiger charge is -2.31. The highest BCUT2D eigenvalue weighted by Crippen LogP contribution is 2.26. The lowest BCUT2D eigenvalue weighted by Crippen LogP contribution is -2.39. The van der Waals surface area contributed by atoms with Crippen LogP contribution in [0.25, 0.3) is 0 Å². The zero-order valence-corrected chi connectivity index (χ0v) is 16.8. The Hall–Kier alpha value is -1.96. The highest BCUT2D eigenvalue weighted by atomic mass is 35.5. The average Bonchev–Trinajstić information content (AvgIpc) is 2.67. The highest BCUT2D eigenvalue weighted by molar-refractivity contribution is 7.89. The summed E-state index contributed by atoms with van der Waals surface area (Å²) >= 11 is 5.82. The van der Waals surface area contributed by atoms with Crippen LogP contribution in [0.3, 0.4) is 0 Å². The van der Waals surface area contributed by atoms with E-state index < -0.39 is 10.0 Å². The first-order valence-corrected chi connectivity index (χ1v) is 10.9. The van der Waals surface area contributed by atoms with Crippen LogP contribution in [0.2, 0.25) is 5.02 Å². The van der Waals surface area contributed by atoms with Gasteiger partial charge in [-0.15, -0.1) is 0 Å². The van der Waals surface area contributed by atoms with E-state index in [1.807, 2.05) is 0 Å². The van der Waals surface area contributed by atoms with Gasteiger partial charge in [0, 0.05) is 31.1 Å². The largest absolute Gasteiger partial charge is 0.352 e. The summed E-state index contributed by atoms with van der Waals surface area (Å²) in [7, 11) is -3.54. The van der Waals surface area contributed by atoms with Crippen LogP contribution >= 0.6 is 11.6 Å². The molecule has 2 aromatic rings. The van der Waals surface area contributed by atoms with Gasteiger partial charge in [-0.3, -0.25) is 4.79 Å². The molecular weight excluding hydrogens is 403 g/mol. The highest BCUT2D eigenvalue weighted by Gasteiger charge is 2.30. The third-order valence-corrected chi connectivity index (χ3v) is 7.04. The number of carbonyl (C=O) groups excluding carboxylic acids is 1. The molecule has 1 heterocycles. The van der Waals surface area contributed by atoms with Gasteiger partial charge in [-0.2, -0.15) is 4.31 Å². The molecule has 3 rings (SSSR count). The minimum absolute atomic E-state index is 0.108. The Morgan fingerprint density at radius 2 is 1.82 bits per heavy atom. The number of halogens is 2. The maximum atomic E-state index is 13.2. The molecule has 1 aliphatic rings. The molecule has 2 aromatic carbocycles. The number of carbonyl (C=O) groups is 1. The fourth-order valence-electron chi connectivity index (χ4n) is 3.29. The third kappa shape index (κ3) is 5.31. The summed E-state index contributed by atoms with van der Waals surface area (Å²) in [6, 6.07) is 12.2. The summed E-state index contributed by atoms with van der Waals surface area (Å²) in [4.78, 5) is 12.4. The quantitative estimate of drug-likeness (QED) is 0.770. The molecule has 1 amide bonds. The van der Waals surface area contributed by atoms with Crippen molar-refractivity contribution in [1.82, 2.24) is 9.62 Å². The van der Waals surface area contributed by atoms with Gasteiger partial charge < -0.3 is 5.32 Å². The summed E-state index contributed by atoms with van der Waals surface area (Å²) in [6.07, 6.45) is 1.59.